The van der Waals surface area contributed by atoms with Crippen LogP contribution in [0.1, 0.15) is 40.5 Å². The number of carbonyl (C=O) groups is 2. The van der Waals surface area contributed by atoms with Gasteiger partial charge in [0, 0.05) is 25.0 Å². The molecule has 3 aliphatic rings. The summed E-state index contributed by atoms with van der Waals surface area (Å²) < 4.78 is 28.3. The number of hydrogen-bond acceptors (Lipinski definition) is 11. The van der Waals surface area contributed by atoms with Crippen molar-refractivity contribution >= 4 is 11.8 Å². The molecule has 11 heteroatoms. The van der Waals surface area contributed by atoms with E-state index in [1.807, 2.05) is 0 Å². The van der Waals surface area contributed by atoms with Gasteiger partial charge in [0.25, 0.3) is 0 Å². The number of aliphatic hydroxyl groups excluding tert-OH is 3. The first-order valence-electron chi connectivity index (χ1n) is 12.7. The molecule has 0 spiro atoms. The SMILES string of the molecule is CO[C@H]1[C@H](OCC2[C@@H](C)OC(=O)/C=C/[C@H](C)[C@@H](O)CC[C@](C)(O)C(=O)/C=C/[C@@H]3O[C@@H]23)O[C@H](C)[C@@H](O)[C@H]1O. The summed E-state index contributed by atoms with van der Waals surface area (Å²) in [5.74, 6) is -2.00. The van der Waals surface area contributed by atoms with Gasteiger partial charge in [0.15, 0.2) is 12.1 Å². The van der Waals surface area contributed by atoms with E-state index < -0.39 is 84.3 Å². The maximum absolute atomic E-state index is 12.6. The summed E-state index contributed by atoms with van der Waals surface area (Å²) in [6.45, 7) is 6.41. The van der Waals surface area contributed by atoms with Crippen LogP contribution in [0.25, 0.3) is 0 Å². The average Bonchev–Trinajstić information content (AvgIpc) is 3.61. The number of fused-ring (bicyclic) bond motifs is 1. The first kappa shape index (κ1) is 29.9. The van der Waals surface area contributed by atoms with E-state index in [0.717, 1.165) is 0 Å². The van der Waals surface area contributed by atoms with E-state index in [-0.39, 0.29) is 19.4 Å². The molecule has 0 aromatic heterocycles. The van der Waals surface area contributed by atoms with Crippen LogP contribution in [-0.2, 0) is 33.3 Å². The molecule has 0 aromatic carbocycles. The zero-order chi connectivity index (χ0) is 27.5. The first-order chi connectivity index (χ1) is 17.4. The molecule has 210 valence electrons. The molecule has 0 radical (unpaired) electrons. The van der Waals surface area contributed by atoms with Crippen LogP contribution in [0.5, 0.6) is 0 Å². The van der Waals surface area contributed by atoms with Crippen LogP contribution in [0, 0.1) is 11.8 Å². The summed E-state index contributed by atoms with van der Waals surface area (Å²) in [4.78, 5) is 25.1. The minimum atomic E-state index is -1.66. The molecular formula is C26H40O11. The lowest BCUT2D eigenvalue weighted by molar-refractivity contribution is -0.301. The van der Waals surface area contributed by atoms with Crippen molar-refractivity contribution in [2.45, 2.75) is 101 Å². The van der Waals surface area contributed by atoms with E-state index in [2.05, 4.69) is 0 Å². The number of ketones is 1. The highest BCUT2D eigenvalue weighted by Gasteiger charge is 2.49. The molecule has 2 saturated heterocycles. The van der Waals surface area contributed by atoms with Crippen molar-refractivity contribution in [3.63, 3.8) is 0 Å². The van der Waals surface area contributed by atoms with Gasteiger partial charge in [-0.3, -0.25) is 4.79 Å². The van der Waals surface area contributed by atoms with Crippen LogP contribution in [0.2, 0.25) is 0 Å². The number of ether oxygens (including phenoxy) is 5. The Morgan fingerprint density at radius 2 is 1.73 bits per heavy atom. The number of esters is 1. The highest BCUT2D eigenvalue weighted by Crippen LogP contribution is 2.35. The van der Waals surface area contributed by atoms with Crippen LogP contribution < -0.4 is 0 Å². The fraction of sp³-hybridized carbons (Fsp3) is 0.769. The normalized spacial score (nSPS) is 47.5. The lowest BCUT2D eigenvalue weighted by Gasteiger charge is -2.41. The Morgan fingerprint density at radius 1 is 1.03 bits per heavy atom. The third-order valence-corrected chi connectivity index (χ3v) is 7.44. The summed E-state index contributed by atoms with van der Waals surface area (Å²) >= 11 is 0. The van der Waals surface area contributed by atoms with Crippen molar-refractivity contribution in [1.29, 1.82) is 0 Å². The Morgan fingerprint density at radius 3 is 2.41 bits per heavy atom. The Bertz CT molecular complexity index is 855. The Labute approximate surface area is 217 Å². The van der Waals surface area contributed by atoms with Crippen molar-refractivity contribution < 1.29 is 53.7 Å². The zero-order valence-electron chi connectivity index (χ0n) is 21.9. The van der Waals surface area contributed by atoms with Gasteiger partial charge in [0.05, 0.1) is 24.9 Å². The molecule has 2 fully saturated rings. The maximum atomic E-state index is 12.6. The second kappa shape index (κ2) is 12.4. The van der Waals surface area contributed by atoms with E-state index >= 15 is 0 Å². The molecular weight excluding hydrogens is 488 g/mol. The molecule has 37 heavy (non-hydrogen) atoms. The van der Waals surface area contributed by atoms with E-state index in [0.29, 0.717) is 0 Å². The van der Waals surface area contributed by atoms with Crippen molar-refractivity contribution in [1.82, 2.24) is 0 Å². The molecule has 0 amide bonds. The van der Waals surface area contributed by atoms with E-state index in [1.54, 1.807) is 26.8 Å². The molecule has 0 bridgehead atoms. The second-order valence-electron chi connectivity index (χ2n) is 10.4. The fourth-order valence-corrected chi connectivity index (χ4v) is 4.57. The Balaban J connectivity index is 1.78. The lowest BCUT2D eigenvalue weighted by Crippen LogP contribution is -2.58. The third-order valence-electron chi connectivity index (χ3n) is 7.44. The van der Waals surface area contributed by atoms with Crippen molar-refractivity contribution in [2.24, 2.45) is 11.8 Å². The van der Waals surface area contributed by atoms with Gasteiger partial charge in [-0.1, -0.05) is 13.0 Å². The summed E-state index contributed by atoms with van der Waals surface area (Å²) in [6, 6.07) is 0. The van der Waals surface area contributed by atoms with E-state index in [1.165, 1.54) is 32.3 Å². The van der Waals surface area contributed by atoms with Gasteiger partial charge >= 0.3 is 5.97 Å². The number of cyclic esters (lactones) is 1. The van der Waals surface area contributed by atoms with Gasteiger partial charge in [-0.15, -0.1) is 0 Å². The number of carbonyl (C=O) groups excluding carboxylic acids is 2. The Hall–Kier alpha value is -1.70. The number of epoxide rings is 1. The Kier molecular flexibility index (Phi) is 10.0. The van der Waals surface area contributed by atoms with Crippen molar-refractivity contribution in [2.75, 3.05) is 13.7 Å². The minimum absolute atomic E-state index is 0.00594. The summed E-state index contributed by atoms with van der Waals surface area (Å²) in [7, 11) is 1.37. The first-order valence-corrected chi connectivity index (χ1v) is 12.7. The molecule has 11 nitrogen and oxygen atoms in total. The number of aliphatic hydroxyl groups is 4. The van der Waals surface area contributed by atoms with Crippen LogP contribution in [0.15, 0.2) is 24.3 Å². The molecule has 4 N–H and O–H groups in total. The second-order valence-corrected chi connectivity index (χ2v) is 10.4. The summed E-state index contributed by atoms with van der Waals surface area (Å²) in [5.41, 5.74) is -1.66. The maximum Gasteiger partial charge on any atom is 0.330 e. The zero-order valence-corrected chi connectivity index (χ0v) is 21.9. The largest absolute Gasteiger partial charge is 0.459 e. The highest BCUT2D eigenvalue weighted by molar-refractivity contribution is 5.96. The molecule has 3 rings (SSSR count). The van der Waals surface area contributed by atoms with Crippen molar-refractivity contribution in [3.8, 4) is 0 Å². The molecule has 3 aliphatic heterocycles. The highest BCUT2D eigenvalue weighted by atomic mass is 16.7. The van der Waals surface area contributed by atoms with Gasteiger partial charge in [-0.05, 0) is 45.8 Å². The van der Waals surface area contributed by atoms with Gasteiger partial charge in [-0.2, -0.15) is 0 Å². The van der Waals surface area contributed by atoms with Crippen LogP contribution in [-0.4, -0.2) is 107 Å². The molecule has 0 aromatic rings. The van der Waals surface area contributed by atoms with Crippen LogP contribution >= 0.6 is 0 Å². The quantitative estimate of drug-likeness (QED) is 0.287. The minimum Gasteiger partial charge on any atom is -0.459 e. The standard InChI is InChI=1S/C26H40O11/c1-13-6-9-20(29)35-14(2)16(12-34-25-24(33-5)22(31)21(30)15(3)36-25)23-18(37-23)7-8-19(28)26(4,32)11-10-17(13)27/h6-9,13-18,21-25,27,30-32H,10-12H2,1-5H3/b8-7+,9-6+/t13-,14+,15+,16?,17-,18-,21+,22+,23-,24+,25+,26-/m0/s1. The predicted molar refractivity (Wildman–Crippen MR) is 129 cm³/mol. The molecule has 1 unspecified atom stereocenters. The van der Waals surface area contributed by atoms with Crippen LogP contribution in [0.4, 0.5) is 0 Å². The van der Waals surface area contributed by atoms with E-state index in [9.17, 15) is 30.0 Å². The number of hydrogen-bond donors (Lipinski definition) is 4. The summed E-state index contributed by atoms with van der Waals surface area (Å²) in [6.07, 6.45) is -1.67. The number of methoxy groups -OCH3 is 1. The molecule has 0 aliphatic carbocycles. The predicted octanol–water partition coefficient (Wildman–Crippen LogP) is 0.0232. The average molecular weight is 529 g/mol. The lowest BCUT2D eigenvalue weighted by atomic mass is 9.89. The smallest absolute Gasteiger partial charge is 0.330 e. The number of rotatable bonds is 4. The van der Waals surface area contributed by atoms with Gasteiger partial charge in [0.1, 0.15) is 36.1 Å². The third kappa shape index (κ3) is 7.45. The van der Waals surface area contributed by atoms with E-state index in [4.69, 9.17) is 23.7 Å². The molecule has 12 atom stereocenters. The molecule has 3 heterocycles. The van der Waals surface area contributed by atoms with Gasteiger partial charge in [-0.25, -0.2) is 4.79 Å². The van der Waals surface area contributed by atoms with Crippen molar-refractivity contribution in [3.05, 3.63) is 24.3 Å². The van der Waals surface area contributed by atoms with Gasteiger partial charge < -0.3 is 44.1 Å². The molecule has 0 saturated carbocycles. The van der Waals surface area contributed by atoms with Crippen LogP contribution in [0.3, 0.4) is 0 Å². The fourth-order valence-electron chi connectivity index (χ4n) is 4.57. The monoisotopic (exact) mass is 528 g/mol. The van der Waals surface area contributed by atoms with Gasteiger partial charge in [0.2, 0.25) is 0 Å². The topological polar surface area (TPSA) is 165 Å². The summed E-state index contributed by atoms with van der Waals surface area (Å²) in [5, 5.41) is 41.4.